The van der Waals surface area contributed by atoms with Crippen LogP contribution in [0.15, 0.2) is 12.1 Å². The van der Waals surface area contributed by atoms with Crippen LogP contribution in [0.2, 0.25) is 5.02 Å². The van der Waals surface area contributed by atoms with Crippen LogP contribution < -0.4 is 14.8 Å². The Hall–Kier alpha value is -0.930. The summed E-state index contributed by atoms with van der Waals surface area (Å²) in [5.74, 6) is 1.43. The van der Waals surface area contributed by atoms with E-state index < -0.39 is 0 Å². The number of hydrogen-bond donors (Lipinski definition) is 1. The van der Waals surface area contributed by atoms with E-state index >= 15 is 0 Å². The highest BCUT2D eigenvalue weighted by atomic mass is 35.5. The first-order valence-electron chi connectivity index (χ1n) is 6.38. The van der Waals surface area contributed by atoms with Crippen molar-refractivity contribution in [3.8, 4) is 11.5 Å². The highest BCUT2D eigenvalue weighted by Gasteiger charge is 2.16. The minimum absolute atomic E-state index is 0.523. The van der Waals surface area contributed by atoms with Crippen molar-refractivity contribution in [2.75, 3.05) is 20.8 Å². The first kappa shape index (κ1) is 13.5. The Morgan fingerprint density at radius 2 is 1.94 bits per heavy atom. The predicted molar refractivity (Wildman–Crippen MR) is 73.9 cm³/mol. The third-order valence-electron chi connectivity index (χ3n) is 3.43. The van der Waals surface area contributed by atoms with E-state index in [0.29, 0.717) is 11.8 Å². The maximum atomic E-state index is 6.29. The van der Waals surface area contributed by atoms with Crippen molar-refractivity contribution in [1.82, 2.24) is 5.32 Å². The van der Waals surface area contributed by atoms with E-state index in [-0.39, 0.29) is 0 Å². The van der Waals surface area contributed by atoms with Gasteiger partial charge in [-0.15, -0.1) is 0 Å². The minimum Gasteiger partial charge on any atom is -0.493 e. The van der Waals surface area contributed by atoms with Gasteiger partial charge in [0.15, 0.2) is 11.5 Å². The van der Waals surface area contributed by atoms with Gasteiger partial charge in [0.05, 0.1) is 14.2 Å². The second-order valence-electron chi connectivity index (χ2n) is 4.65. The third kappa shape index (κ3) is 3.09. The van der Waals surface area contributed by atoms with E-state index in [1.807, 2.05) is 12.1 Å². The number of rotatable bonds is 4. The monoisotopic (exact) mass is 269 g/mol. The van der Waals surface area contributed by atoms with Gasteiger partial charge in [-0.3, -0.25) is 0 Å². The molecule has 0 amide bonds. The number of methoxy groups -OCH3 is 2. The average molecular weight is 270 g/mol. The third-order valence-corrected chi connectivity index (χ3v) is 3.78. The fourth-order valence-corrected chi connectivity index (χ4v) is 2.65. The van der Waals surface area contributed by atoms with Crippen LogP contribution in [0.3, 0.4) is 0 Å². The maximum Gasteiger partial charge on any atom is 0.162 e. The van der Waals surface area contributed by atoms with E-state index in [2.05, 4.69) is 5.32 Å². The summed E-state index contributed by atoms with van der Waals surface area (Å²) in [5.41, 5.74) is 1.12. The zero-order valence-corrected chi connectivity index (χ0v) is 11.7. The Balaban J connectivity index is 2.16. The standard InChI is InChI=1S/C14H20ClNO2/c1-17-13-8-10(12(15)9-14(13)18-2)7-11-5-3-4-6-16-11/h8-9,11,16H,3-7H2,1-2H3. The number of nitrogens with one attached hydrogen (secondary N) is 1. The molecule has 1 atom stereocenters. The molecule has 0 bridgehead atoms. The Bertz CT molecular complexity index is 403. The van der Waals surface area contributed by atoms with Crippen LogP contribution in [-0.2, 0) is 6.42 Å². The van der Waals surface area contributed by atoms with Crippen molar-refractivity contribution in [1.29, 1.82) is 0 Å². The SMILES string of the molecule is COc1cc(Cl)c(CC2CCCCN2)cc1OC. The second kappa shape index (κ2) is 6.30. The fourth-order valence-electron chi connectivity index (χ4n) is 2.42. The van der Waals surface area contributed by atoms with Crippen LogP contribution in [0, 0.1) is 0 Å². The molecule has 0 radical (unpaired) electrons. The molecular formula is C14H20ClNO2. The van der Waals surface area contributed by atoms with Gasteiger partial charge in [0.2, 0.25) is 0 Å². The smallest absolute Gasteiger partial charge is 0.162 e. The van der Waals surface area contributed by atoms with E-state index in [1.54, 1.807) is 14.2 Å². The lowest BCUT2D eigenvalue weighted by molar-refractivity contribution is 0.353. The molecule has 2 rings (SSSR count). The zero-order valence-electron chi connectivity index (χ0n) is 11.0. The Kier molecular flexibility index (Phi) is 4.72. The van der Waals surface area contributed by atoms with Gasteiger partial charge in [-0.05, 0) is 37.4 Å². The first-order chi connectivity index (χ1) is 8.74. The average Bonchev–Trinajstić information content (AvgIpc) is 2.41. The summed E-state index contributed by atoms with van der Waals surface area (Å²) < 4.78 is 10.6. The molecule has 100 valence electrons. The van der Waals surface area contributed by atoms with E-state index in [9.17, 15) is 0 Å². The summed E-state index contributed by atoms with van der Waals surface area (Å²) in [7, 11) is 3.27. The van der Waals surface area contributed by atoms with Crippen LogP contribution in [0.1, 0.15) is 24.8 Å². The van der Waals surface area contributed by atoms with Crippen molar-refractivity contribution >= 4 is 11.6 Å². The van der Waals surface area contributed by atoms with Gasteiger partial charge in [-0.25, -0.2) is 0 Å². The predicted octanol–water partition coefficient (Wildman–Crippen LogP) is 3.04. The molecule has 1 fully saturated rings. The van der Waals surface area contributed by atoms with Crippen molar-refractivity contribution in [3.05, 3.63) is 22.7 Å². The summed E-state index contributed by atoms with van der Waals surface area (Å²) in [5, 5.41) is 4.28. The minimum atomic E-state index is 0.523. The summed E-state index contributed by atoms with van der Waals surface area (Å²) in [6, 6.07) is 4.34. The molecule has 1 aromatic rings. The van der Waals surface area contributed by atoms with Crippen LogP contribution in [0.5, 0.6) is 11.5 Å². The molecule has 0 aliphatic carbocycles. The molecule has 3 nitrogen and oxygen atoms in total. The van der Waals surface area contributed by atoms with Gasteiger partial charge in [-0.2, -0.15) is 0 Å². The highest BCUT2D eigenvalue weighted by molar-refractivity contribution is 6.31. The molecule has 1 N–H and O–H groups in total. The molecule has 1 saturated heterocycles. The van der Waals surface area contributed by atoms with Crippen LogP contribution in [0.25, 0.3) is 0 Å². The maximum absolute atomic E-state index is 6.29. The molecule has 4 heteroatoms. The van der Waals surface area contributed by atoms with Crippen LogP contribution in [-0.4, -0.2) is 26.8 Å². The van der Waals surface area contributed by atoms with E-state index in [1.165, 1.54) is 19.3 Å². The van der Waals surface area contributed by atoms with Crippen molar-refractivity contribution < 1.29 is 9.47 Å². The molecule has 1 aliphatic heterocycles. The fraction of sp³-hybridized carbons (Fsp3) is 0.571. The van der Waals surface area contributed by atoms with E-state index in [4.69, 9.17) is 21.1 Å². The number of ether oxygens (including phenoxy) is 2. The summed E-state index contributed by atoms with van der Waals surface area (Å²) in [6.45, 7) is 1.11. The van der Waals surface area contributed by atoms with Gasteiger partial charge < -0.3 is 14.8 Å². The van der Waals surface area contributed by atoms with E-state index in [0.717, 1.165) is 29.3 Å². The number of halogens is 1. The molecular weight excluding hydrogens is 250 g/mol. The lowest BCUT2D eigenvalue weighted by atomic mass is 9.97. The van der Waals surface area contributed by atoms with Crippen molar-refractivity contribution in [2.45, 2.75) is 31.7 Å². The molecule has 0 spiro atoms. The van der Waals surface area contributed by atoms with Gasteiger partial charge in [0.25, 0.3) is 0 Å². The molecule has 1 heterocycles. The van der Waals surface area contributed by atoms with Gasteiger partial charge in [-0.1, -0.05) is 18.0 Å². The zero-order chi connectivity index (χ0) is 13.0. The second-order valence-corrected chi connectivity index (χ2v) is 5.06. The van der Waals surface area contributed by atoms with Crippen molar-refractivity contribution in [3.63, 3.8) is 0 Å². The summed E-state index contributed by atoms with van der Waals surface area (Å²) in [6.07, 6.45) is 4.72. The van der Waals surface area contributed by atoms with Crippen LogP contribution >= 0.6 is 11.6 Å². The number of benzene rings is 1. The Labute approximate surface area is 113 Å². The number of hydrogen-bond acceptors (Lipinski definition) is 3. The van der Waals surface area contributed by atoms with Gasteiger partial charge in [0.1, 0.15) is 0 Å². The summed E-state index contributed by atoms with van der Waals surface area (Å²) >= 11 is 6.29. The molecule has 18 heavy (non-hydrogen) atoms. The first-order valence-corrected chi connectivity index (χ1v) is 6.76. The normalized spacial score (nSPS) is 19.6. The Morgan fingerprint density at radius 3 is 2.56 bits per heavy atom. The van der Waals surface area contributed by atoms with Gasteiger partial charge in [0, 0.05) is 17.1 Å². The number of piperidine rings is 1. The quantitative estimate of drug-likeness (QED) is 0.911. The lowest BCUT2D eigenvalue weighted by Gasteiger charge is -2.24. The molecule has 1 aromatic carbocycles. The van der Waals surface area contributed by atoms with Gasteiger partial charge >= 0.3 is 0 Å². The largest absolute Gasteiger partial charge is 0.493 e. The highest BCUT2D eigenvalue weighted by Crippen LogP contribution is 2.34. The molecule has 1 unspecified atom stereocenters. The topological polar surface area (TPSA) is 30.5 Å². The molecule has 0 aromatic heterocycles. The summed E-state index contributed by atoms with van der Waals surface area (Å²) in [4.78, 5) is 0. The van der Waals surface area contributed by atoms with Crippen molar-refractivity contribution in [2.24, 2.45) is 0 Å². The lowest BCUT2D eigenvalue weighted by Crippen LogP contribution is -2.35. The molecule has 0 saturated carbocycles. The Morgan fingerprint density at radius 1 is 1.22 bits per heavy atom. The molecule has 1 aliphatic rings. The van der Waals surface area contributed by atoms with Crippen LogP contribution in [0.4, 0.5) is 0 Å².